The van der Waals surface area contributed by atoms with E-state index in [1.54, 1.807) is 5.01 Å². The zero-order valence-corrected chi connectivity index (χ0v) is 22.4. The van der Waals surface area contributed by atoms with E-state index in [0.717, 1.165) is 33.8 Å². The molecular weight excluding hydrogens is 508 g/mol. The van der Waals surface area contributed by atoms with Crippen molar-refractivity contribution in [3.8, 4) is 0 Å². The van der Waals surface area contributed by atoms with Crippen molar-refractivity contribution in [3.63, 3.8) is 0 Å². The first-order valence-electron chi connectivity index (χ1n) is 13.7. The van der Waals surface area contributed by atoms with Gasteiger partial charge in [-0.1, -0.05) is 121 Å². The van der Waals surface area contributed by atoms with E-state index in [9.17, 15) is 9.90 Å². The first-order valence-corrected chi connectivity index (χ1v) is 13.7. The van der Waals surface area contributed by atoms with Crippen molar-refractivity contribution in [1.29, 1.82) is 0 Å². The van der Waals surface area contributed by atoms with E-state index in [0.29, 0.717) is 6.42 Å². The van der Waals surface area contributed by atoms with Crippen LogP contribution in [0.1, 0.15) is 23.6 Å². The molecule has 2 aliphatic heterocycles. The number of aliphatic hydroxyl groups is 1. The van der Waals surface area contributed by atoms with Crippen molar-refractivity contribution in [3.05, 3.63) is 168 Å². The van der Waals surface area contributed by atoms with Crippen molar-refractivity contribution in [2.45, 2.75) is 12.5 Å². The number of hydrazone groups is 1. The number of benzene rings is 4. The summed E-state index contributed by atoms with van der Waals surface area (Å²) in [5.74, 6) is -0.294. The smallest absolute Gasteiger partial charge is 0.256 e. The van der Waals surface area contributed by atoms with E-state index in [1.807, 2.05) is 146 Å². The lowest BCUT2D eigenvalue weighted by atomic mass is 9.93. The third-order valence-corrected chi connectivity index (χ3v) is 7.20. The summed E-state index contributed by atoms with van der Waals surface area (Å²) < 4.78 is 0. The highest BCUT2D eigenvalue weighted by Crippen LogP contribution is 2.35. The van der Waals surface area contributed by atoms with Crippen LogP contribution in [-0.4, -0.2) is 16.7 Å². The number of amides is 1. The minimum Gasteiger partial charge on any atom is -0.493 e. The second-order valence-electron chi connectivity index (χ2n) is 9.84. The Hall–Kier alpha value is -5.20. The Kier molecular flexibility index (Phi) is 7.56. The average molecular weight is 539 g/mol. The first kappa shape index (κ1) is 26.0. The minimum atomic E-state index is -0.395. The summed E-state index contributed by atoms with van der Waals surface area (Å²) in [6.45, 7) is 0. The number of carbonyl (C=O) groups is 1. The Morgan fingerprint density at radius 1 is 0.756 bits per heavy atom. The van der Waals surface area contributed by atoms with Gasteiger partial charge in [-0.25, -0.2) is 10.4 Å². The number of para-hydroxylation sites is 2. The second-order valence-corrected chi connectivity index (χ2v) is 9.84. The molecule has 0 radical (unpaired) electrons. The maximum absolute atomic E-state index is 13.5. The average Bonchev–Trinajstić information content (AvgIpc) is 3.55. The molecule has 0 aliphatic carbocycles. The molecule has 4 aromatic carbocycles. The Bertz CT molecular complexity index is 1610. The fourth-order valence-electron chi connectivity index (χ4n) is 5.14. The number of rotatable bonds is 8. The molecule has 6 rings (SSSR count). The maximum atomic E-state index is 13.5. The standard InChI is InChI=1S/C35H30N4O2/c40-34-30(32(26-16-6-1-7-17-26)36-38(34)28-20-10-3-11-21-28)24-14-5-15-25-31-33(27-18-8-2-9-19-27)37-39(35(31)41)29-22-12-4-13-23-29/h1-24,31-32,36,40H,25H2/b15-5+,24-14+. The van der Waals surface area contributed by atoms with Crippen LogP contribution in [0.2, 0.25) is 0 Å². The summed E-state index contributed by atoms with van der Waals surface area (Å²) in [6.07, 6.45) is 8.23. The van der Waals surface area contributed by atoms with Crippen molar-refractivity contribution < 1.29 is 9.90 Å². The Morgan fingerprint density at radius 2 is 1.34 bits per heavy atom. The van der Waals surface area contributed by atoms with Crippen LogP contribution < -0.4 is 15.4 Å². The predicted octanol–water partition coefficient (Wildman–Crippen LogP) is 7.09. The zero-order valence-electron chi connectivity index (χ0n) is 22.4. The number of hydrogen-bond donors (Lipinski definition) is 2. The molecule has 41 heavy (non-hydrogen) atoms. The van der Waals surface area contributed by atoms with E-state index < -0.39 is 5.92 Å². The molecule has 0 saturated carbocycles. The first-order chi connectivity index (χ1) is 20.2. The number of hydrogen-bond acceptors (Lipinski definition) is 5. The molecule has 2 atom stereocenters. The van der Waals surface area contributed by atoms with Crippen LogP contribution in [-0.2, 0) is 4.79 Å². The van der Waals surface area contributed by atoms with Gasteiger partial charge in [0.05, 0.1) is 29.0 Å². The Balaban J connectivity index is 1.23. The highest BCUT2D eigenvalue weighted by Gasteiger charge is 2.36. The molecule has 202 valence electrons. The monoisotopic (exact) mass is 538 g/mol. The molecule has 0 saturated heterocycles. The fraction of sp³-hybridized carbons (Fsp3) is 0.0857. The number of aliphatic hydroxyl groups excluding tert-OH is 1. The summed E-state index contributed by atoms with van der Waals surface area (Å²) in [7, 11) is 0. The van der Waals surface area contributed by atoms with E-state index in [4.69, 9.17) is 5.10 Å². The van der Waals surface area contributed by atoms with Gasteiger partial charge in [-0.2, -0.15) is 10.1 Å². The van der Waals surface area contributed by atoms with Crippen molar-refractivity contribution in [2.75, 3.05) is 10.0 Å². The van der Waals surface area contributed by atoms with E-state index in [2.05, 4.69) is 5.43 Å². The van der Waals surface area contributed by atoms with Gasteiger partial charge in [0.25, 0.3) is 5.91 Å². The van der Waals surface area contributed by atoms with Gasteiger partial charge in [0.15, 0.2) is 0 Å². The molecule has 1 amide bonds. The number of allylic oxidation sites excluding steroid dienone is 3. The summed E-state index contributed by atoms with van der Waals surface area (Å²) in [5.41, 5.74) is 8.52. The van der Waals surface area contributed by atoms with Gasteiger partial charge in [0.2, 0.25) is 5.88 Å². The normalized spacial score (nSPS) is 19.1. The molecule has 0 aromatic heterocycles. The van der Waals surface area contributed by atoms with E-state index in [1.165, 1.54) is 5.01 Å². The van der Waals surface area contributed by atoms with Crippen LogP contribution >= 0.6 is 0 Å². The van der Waals surface area contributed by atoms with Gasteiger partial charge >= 0.3 is 0 Å². The molecule has 6 heteroatoms. The SMILES string of the molecule is O=C1C(C/C=C/C=C/C2=C(O)N(c3ccccc3)NC2c2ccccc2)C(c2ccccc2)=NN1c1ccccc1. The number of nitrogens with zero attached hydrogens (tertiary/aromatic N) is 3. The lowest BCUT2D eigenvalue weighted by Crippen LogP contribution is -2.33. The van der Waals surface area contributed by atoms with Crippen LogP contribution in [0.4, 0.5) is 11.4 Å². The van der Waals surface area contributed by atoms with Gasteiger partial charge < -0.3 is 5.11 Å². The summed E-state index contributed by atoms with van der Waals surface area (Å²) in [5, 5.41) is 19.1. The van der Waals surface area contributed by atoms with Crippen molar-refractivity contribution >= 4 is 23.0 Å². The van der Waals surface area contributed by atoms with Gasteiger partial charge in [-0.3, -0.25) is 4.79 Å². The van der Waals surface area contributed by atoms with Crippen LogP contribution in [0.15, 0.2) is 162 Å². The van der Waals surface area contributed by atoms with Crippen LogP contribution in [0.25, 0.3) is 0 Å². The number of hydrazine groups is 1. The highest BCUT2D eigenvalue weighted by atomic mass is 16.3. The third-order valence-electron chi connectivity index (χ3n) is 7.20. The highest BCUT2D eigenvalue weighted by molar-refractivity contribution is 6.21. The molecule has 2 aliphatic rings. The number of nitrogens with one attached hydrogen (secondary N) is 1. The zero-order chi connectivity index (χ0) is 28.0. The number of carbonyl (C=O) groups excluding carboxylic acids is 1. The minimum absolute atomic E-state index is 0.0494. The number of anilines is 2. The van der Waals surface area contributed by atoms with E-state index in [-0.39, 0.29) is 17.8 Å². The van der Waals surface area contributed by atoms with Crippen LogP contribution in [0.3, 0.4) is 0 Å². The Morgan fingerprint density at radius 3 is 2.00 bits per heavy atom. The maximum Gasteiger partial charge on any atom is 0.256 e. The molecule has 2 heterocycles. The lowest BCUT2D eigenvalue weighted by molar-refractivity contribution is -0.119. The third kappa shape index (κ3) is 5.46. The van der Waals surface area contributed by atoms with Gasteiger partial charge in [-0.05, 0) is 41.8 Å². The molecular formula is C35H30N4O2. The summed E-state index contributed by atoms with van der Waals surface area (Å²) >= 11 is 0. The van der Waals surface area contributed by atoms with Gasteiger partial charge in [0, 0.05) is 5.57 Å². The molecule has 2 unspecified atom stereocenters. The largest absolute Gasteiger partial charge is 0.493 e. The predicted molar refractivity (Wildman–Crippen MR) is 164 cm³/mol. The van der Waals surface area contributed by atoms with Crippen LogP contribution in [0.5, 0.6) is 0 Å². The molecule has 0 spiro atoms. The molecule has 6 nitrogen and oxygen atoms in total. The fourth-order valence-corrected chi connectivity index (χ4v) is 5.14. The lowest BCUT2D eigenvalue weighted by Gasteiger charge is -2.21. The Labute approximate surface area is 239 Å². The molecule has 0 fully saturated rings. The van der Waals surface area contributed by atoms with Crippen molar-refractivity contribution in [1.82, 2.24) is 5.43 Å². The van der Waals surface area contributed by atoms with E-state index >= 15 is 0 Å². The summed E-state index contributed by atoms with van der Waals surface area (Å²) in [4.78, 5) is 13.5. The quantitative estimate of drug-likeness (QED) is 0.235. The topological polar surface area (TPSA) is 68.2 Å². The molecule has 0 bridgehead atoms. The van der Waals surface area contributed by atoms with Gasteiger partial charge in [0.1, 0.15) is 0 Å². The van der Waals surface area contributed by atoms with Crippen LogP contribution in [0, 0.1) is 5.92 Å². The summed E-state index contributed by atoms with van der Waals surface area (Å²) in [6, 6.07) is 38.9. The second kappa shape index (κ2) is 11.9. The molecule has 4 aromatic rings. The van der Waals surface area contributed by atoms with Crippen molar-refractivity contribution in [2.24, 2.45) is 11.0 Å². The molecule has 2 N–H and O–H groups in total. The van der Waals surface area contributed by atoms with Gasteiger partial charge in [-0.15, -0.1) is 0 Å².